The predicted octanol–water partition coefficient (Wildman–Crippen LogP) is 7.24. The number of imidazole rings is 2. The zero-order valence-corrected chi connectivity index (χ0v) is 22.1. The van der Waals surface area contributed by atoms with Gasteiger partial charge in [-0.1, -0.05) is 90.9 Å². The molecule has 0 atom stereocenters. The molecular weight excluding hydrogens is 404 g/mol. The lowest BCUT2D eigenvalue weighted by Gasteiger charge is -2.00. The molecule has 0 saturated heterocycles. The fourth-order valence-corrected chi connectivity index (χ4v) is 4.70. The minimum absolute atomic E-state index is 1.10. The third kappa shape index (κ3) is 13.7. The SMILES string of the molecule is CCCCCCCCCCn1cc[n+](CCC[n+]2ccn(CCCCCCCCCC)c2)c1. The van der Waals surface area contributed by atoms with Crippen LogP contribution in [0.25, 0.3) is 0 Å². The lowest BCUT2D eigenvalue weighted by Crippen LogP contribution is -2.37. The smallest absolute Gasteiger partial charge is 0.237 e. The summed E-state index contributed by atoms with van der Waals surface area (Å²) < 4.78 is 9.43. The molecule has 2 aromatic rings. The van der Waals surface area contributed by atoms with Gasteiger partial charge >= 0.3 is 0 Å². The molecule has 0 aliphatic carbocycles. The van der Waals surface area contributed by atoms with Gasteiger partial charge in [0.15, 0.2) is 0 Å². The van der Waals surface area contributed by atoms with Crippen molar-refractivity contribution in [3.63, 3.8) is 0 Å². The van der Waals surface area contributed by atoms with E-state index in [1.807, 2.05) is 0 Å². The summed E-state index contributed by atoms with van der Waals surface area (Å²) in [6, 6.07) is 0. The van der Waals surface area contributed by atoms with Crippen LogP contribution in [0.15, 0.2) is 37.4 Å². The normalized spacial score (nSPS) is 11.5. The summed E-state index contributed by atoms with van der Waals surface area (Å²) in [5, 5.41) is 0. The van der Waals surface area contributed by atoms with Crippen LogP contribution in [0, 0.1) is 0 Å². The van der Waals surface area contributed by atoms with Gasteiger partial charge in [0, 0.05) is 6.42 Å². The Hall–Kier alpha value is -1.58. The topological polar surface area (TPSA) is 17.6 Å². The Morgan fingerprint density at radius 1 is 0.455 bits per heavy atom. The Morgan fingerprint density at radius 3 is 1.21 bits per heavy atom. The molecule has 4 heteroatoms. The predicted molar refractivity (Wildman–Crippen MR) is 139 cm³/mol. The van der Waals surface area contributed by atoms with Crippen LogP contribution in [0.2, 0.25) is 0 Å². The van der Waals surface area contributed by atoms with Gasteiger partial charge in [0.05, 0.1) is 26.2 Å². The molecule has 4 nitrogen and oxygen atoms in total. The molecule has 0 bridgehead atoms. The Kier molecular flexibility index (Phi) is 15.8. The van der Waals surface area contributed by atoms with Crippen LogP contribution in [0.3, 0.4) is 0 Å². The molecule has 2 heterocycles. The van der Waals surface area contributed by atoms with Crippen LogP contribution < -0.4 is 9.13 Å². The average Bonchev–Trinajstić information content (AvgIpc) is 3.47. The van der Waals surface area contributed by atoms with Crippen molar-refractivity contribution < 1.29 is 9.13 Å². The van der Waals surface area contributed by atoms with Crippen molar-refractivity contribution in [1.82, 2.24) is 9.13 Å². The minimum atomic E-state index is 1.10. The molecule has 33 heavy (non-hydrogen) atoms. The van der Waals surface area contributed by atoms with E-state index in [-0.39, 0.29) is 0 Å². The van der Waals surface area contributed by atoms with Gasteiger partial charge in [-0.05, 0) is 25.7 Å². The first-order valence-electron chi connectivity index (χ1n) is 14.4. The van der Waals surface area contributed by atoms with Gasteiger partial charge in [-0.3, -0.25) is 0 Å². The Morgan fingerprint density at radius 2 is 0.818 bits per heavy atom. The summed E-state index contributed by atoms with van der Waals surface area (Å²) in [7, 11) is 0. The van der Waals surface area contributed by atoms with E-state index in [0.29, 0.717) is 0 Å². The van der Waals surface area contributed by atoms with Crippen molar-refractivity contribution >= 4 is 0 Å². The standard InChI is InChI=1S/C29H54N4/c1-3-5-7-9-11-13-15-17-20-30-24-26-32(28-30)22-19-23-33-27-25-31(29-33)21-18-16-14-12-10-8-6-4-2/h24-29H,3-23H2,1-2H3/q+2. The number of aromatic nitrogens is 4. The minimum Gasteiger partial charge on any atom is -0.237 e. The van der Waals surface area contributed by atoms with Gasteiger partial charge in [-0.15, -0.1) is 0 Å². The van der Waals surface area contributed by atoms with E-state index < -0.39 is 0 Å². The van der Waals surface area contributed by atoms with Crippen LogP contribution in [-0.2, 0) is 26.2 Å². The van der Waals surface area contributed by atoms with Crippen molar-refractivity contribution in [2.45, 2.75) is 149 Å². The molecule has 2 aromatic heterocycles. The van der Waals surface area contributed by atoms with Crippen molar-refractivity contribution in [3.05, 3.63) is 37.4 Å². The van der Waals surface area contributed by atoms with E-state index >= 15 is 0 Å². The summed E-state index contributed by atoms with van der Waals surface area (Å²) in [5.41, 5.74) is 0. The molecule has 0 unspecified atom stereocenters. The lowest BCUT2D eigenvalue weighted by atomic mass is 10.1. The monoisotopic (exact) mass is 458 g/mol. The summed E-state index contributed by atoms with van der Waals surface area (Å²) in [6.07, 6.45) is 37.0. The molecular formula is C29H54N4+2. The molecule has 0 N–H and O–H groups in total. The number of aryl methyl sites for hydroxylation is 4. The van der Waals surface area contributed by atoms with Crippen LogP contribution >= 0.6 is 0 Å². The van der Waals surface area contributed by atoms with E-state index in [2.05, 4.69) is 69.6 Å². The maximum Gasteiger partial charge on any atom is 0.243 e. The number of unbranched alkanes of at least 4 members (excludes halogenated alkanes) is 14. The van der Waals surface area contributed by atoms with Crippen LogP contribution in [0.5, 0.6) is 0 Å². The van der Waals surface area contributed by atoms with Crippen LogP contribution in [0.4, 0.5) is 0 Å². The van der Waals surface area contributed by atoms with Crippen LogP contribution in [-0.4, -0.2) is 9.13 Å². The first-order chi connectivity index (χ1) is 16.3. The summed E-state index contributed by atoms with van der Waals surface area (Å²) >= 11 is 0. The second kappa shape index (κ2) is 18.8. The van der Waals surface area contributed by atoms with Crippen molar-refractivity contribution in [2.75, 3.05) is 0 Å². The van der Waals surface area contributed by atoms with Gasteiger partial charge in [0.25, 0.3) is 0 Å². The fraction of sp³-hybridized carbons (Fsp3) is 0.793. The van der Waals surface area contributed by atoms with Crippen LogP contribution in [0.1, 0.15) is 123 Å². The first-order valence-corrected chi connectivity index (χ1v) is 14.4. The van der Waals surface area contributed by atoms with Gasteiger partial charge in [-0.2, -0.15) is 0 Å². The second-order valence-corrected chi connectivity index (χ2v) is 10.1. The molecule has 0 spiro atoms. The van der Waals surface area contributed by atoms with Crippen molar-refractivity contribution in [2.24, 2.45) is 0 Å². The Balaban J connectivity index is 1.48. The number of hydrogen-bond donors (Lipinski definition) is 0. The number of hydrogen-bond acceptors (Lipinski definition) is 0. The van der Waals surface area contributed by atoms with E-state index in [9.17, 15) is 0 Å². The van der Waals surface area contributed by atoms with Crippen molar-refractivity contribution in [3.8, 4) is 0 Å². The highest BCUT2D eigenvalue weighted by Crippen LogP contribution is 2.10. The molecule has 0 aliphatic rings. The molecule has 0 aliphatic heterocycles. The maximum atomic E-state index is 2.37. The molecule has 0 saturated carbocycles. The largest absolute Gasteiger partial charge is 0.243 e. The molecule has 2 rings (SSSR count). The summed E-state index contributed by atoms with van der Waals surface area (Å²) in [6.45, 7) is 9.11. The number of nitrogens with zero attached hydrogens (tertiary/aromatic N) is 4. The summed E-state index contributed by atoms with van der Waals surface area (Å²) in [5.74, 6) is 0. The molecule has 0 radical (unpaired) electrons. The second-order valence-electron chi connectivity index (χ2n) is 10.1. The van der Waals surface area contributed by atoms with Gasteiger partial charge in [0.2, 0.25) is 12.7 Å². The molecule has 0 aromatic carbocycles. The number of rotatable bonds is 22. The Labute approximate surface area is 205 Å². The highest BCUT2D eigenvalue weighted by Gasteiger charge is 2.07. The fourth-order valence-electron chi connectivity index (χ4n) is 4.70. The quantitative estimate of drug-likeness (QED) is 0.131. The van der Waals surface area contributed by atoms with Gasteiger partial charge < -0.3 is 0 Å². The average molecular weight is 459 g/mol. The van der Waals surface area contributed by atoms with E-state index in [1.165, 1.54) is 109 Å². The highest BCUT2D eigenvalue weighted by molar-refractivity contribution is 4.67. The molecule has 188 valence electrons. The van der Waals surface area contributed by atoms with E-state index in [1.54, 1.807) is 0 Å². The van der Waals surface area contributed by atoms with E-state index in [0.717, 1.165) is 26.2 Å². The Bertz CT molecular complexity index is 629. The van der Waals surface area contributed by atoms with E-state index in [4.69, 9.17) is 0 Å². The lowest BCUT2D eigenvalue weighted by molar-refractivity contribution is -0.726. The first kappa shape index (κ1) is 27.7. The van der Waals surface area contributed by atoms with Gasteiger partial charge in [-0.25, -0.2) is 18.3 Å². The summed E-state index contributed by atoms with van der Waals surface area (Å²) in [4.78, 5) is 0. The van der Waals surface area contributed by atoms with Gasteiger partial charge in [0.1, 0.15) is 24.8 Å². The molecule has 0 fully saturated rings. The molecule has 0 amide bonds. The third-order valence-electron chi connectivity index (χ3n) is 6.86. The highest BCUT2D eigenvalue weighted by atomic mass is 15.1. The maximum absolute atomic E-state index is 2.37. The third-order valence-corrected chi connectivity index (χ3v) is 6.86. The zero-order valence-electron chi connectivity index (χ0n) is 22.1. The van der Waals surface area contributed by atoms with Crippen molar-refractivity contribution in [1.29, 1.82) is 0 Å². The zero-order chi connectivity index (χ0) is 23.4.